The summed E-state index contributed by atoms with van der Waals surface area (Å²) in [5.41, 5.74) is 2.76. The molecule has 5 heteroatoms. The molecule has 1 N–H and O–H groups in total. The fourth-order valence-electron chi connectivity index (χ4n) is 2.59. The maximum absolute atomic E-state index is 12.5. The maximum Gasteiger partial charge on any atom is 0.254 e. The van der Waals surface area contributed by atoms with E-state index in [2.05, 4.69) is 10.4 Å². The number of nitrogens with zero attached hydrogens (tertiary/aromatic N) is 2. The first kappa shape index (κ1) is 16.0. The van der Waals surface area contributed by atoms with Crippen molar-refractivity contribution in [2.45, 2.75) is 12.6 Å². The SMILES string of the molecule is COC(C(=O)NCc1ccccc1-n1cccn1)c1ccccc1. The molecule has 5 nitrogen and oxygen atoms in total. The highest BCUT2D eigenvalue weighted by Gasteiger charge is 2.19. The van der Waals surface area contributed by atoms with E-state index in [9.17, 15) is 4.79 Å². The van der Waals surface area contributed by atoms with E-state index in [0.717, 1.165) is 16.8 Å². The zero-order valence-corrected chi connectivity index (χ0v) is 13.4. The Morgan fingerprint density at radius 3 is 2.58 bits per heavy atom. The van der Waals surface area contributed by atoms with Crippen LogP contribution in [-0.2, 0) is 16.1 Å². The smallest absolute Gasteiger partial charge is 0.254 e. The number of benzene rings is 2. The second-order valence-electron chi connectivity index (χ2n) is 5.32. The summed E-state index contributed by atoms with van der Waals surface area (Å²) in [6.45, 7) is 0.404. The highest BCUT2D eigenvalue weighted by atomic mass is 16.5. The van der Waals surface area contributed by atoms with Crippen molar-refractivity contribution in [3.05, 3.63) is 84.2 Å². The van der Waals surface area contributed by atoms with Crippen molar-refractivity contribution in [3.8, 4) is 5.69 Å². The Labute approximate surface area is 140 Å². The molecule has 1 heterocycles. The van der Waals surface area contributed by atoms with Gasteiger partial charge in [0.05, 0.1) is 5.69 Å². The molecule has 0 radical (unpaired) electrons. The van der Waals surface area contributed by atoms with E-state index in [1.165, 1.54) is 7.11 Å². The zero-order chi connectivity index (χ0) is 16.8. The van der Waals surface area contributed by atoms with Gasteiger partial charge in [-0.25, -0.2) is 4.68 Å². The molecule has 0 saturated heterocycles. The number of aromatic nitrogens is 2. The Hall–Kier alpha value is -2.92. The van der Waals surface area contributed by atoms with Crippen LogP contribution in [0.4, 0.5) is 0 Å². The number of para-hydroxylation sites is 1. The van der Waals surface area contributed by atoms with E-state index in [4.69, 9.17) is 4.74 Å². The third-order valence-corrected chi connectivity index (χ3v) is 3.77. The number of carbonyl (C=O) groups excluding carboxylic acids is 1. The van der Waals surface area contributed by atoms with E-state index >= 15 is 0 Å². The van der Waals surface area contributed by atoms with Crippen LogP contribution in [0.15, 0.2) is 73.1 Å². The van der Waals surface area contributed by atoms with Crippen molar-refractivity contribution in [1.29, 1.82) is 0 Å². The Bertz CT molecular complexity index is 785. The largest absolute Gasteiger partial charge is 0.367 e. The molecule has 1 aromatic heterocycles. The topological polar surface area (TPSA) is 56.1 Å². The van der Waals surface area contributed by atoms with Crippen LogP contribution in [-0.4, -0.2) is 22.8 Å². The summed E-state index contributed by atoms with van der Waals surface area (Å²) in [5.74, 6) is -0.168. The summed E-state index contributed by atoms with van der Waals surface area (Å²) in [4.78, 5) is 12.5. The molecule has 24 heavy (non-hydrogen) atoms. The second kappa shape index (κ2) is 7.57. The molecule has 1 unspecified atom stereocenters. The number of methoxy groups -OCH3 is 1. The molecule has 0 fully saturated rings. The van der Waals surface area contributed by atoms with Gasteiger partial charge in [-0.15, -0.1) is 0 Å². The van der Waals surface area contributed by atoms with Crippen LogP contribution >= 0.6 is 0 Å². The van der Waals surface area contributed by atoms with Crippen molar-refractivity contribution in [2.24, 2.45) is 0 Å². The van der Waals surface area contributed by atoms with E-state index < -0.39 is 6.10 Å². The van der Waals surface area contributed by atoms with Gasteiger partial charge in [0.25, 0.3) is 5.91 Å². The monoisotopic (exact) mass is 321 g/mol. The van der Waals surface area contributed by atoms with Crippen LogP contribution in [0.1, 0.15) is 17.2 Å². The number of ether oxygens (including phenoxy) is 1. The van der Waals surface area contributed by atoms with Crippen LogP contribution in [0.3, 0.4) is 0 Å². The minimum Gasteiger partial charge on any atom is -0.367 e. The lowest BCUT2D eigenvalue weighted by Crippen LogP contribution is -2.30. The Morgan fingerprint density at radius 2 is 1.88 bits per heavy atom. The fraction of sp³-hybridized carbons (Fsp3) is 0.158. The fourth-order valence-corrected chi connectivity index (χ4v) is 2.59. The second-order valence-corrected chi connectivity index (χ2v) is 5.32. The first-order valence-electron chi connectivity index (χ1n) is 7.73. The van der Waals surface area contributed by atoms with Gasteiger partial charge in [-0.1, -0.05) is 48.5 Å². The van der Waals surface area contributed by atoms with Crippen LogP contribution in [0, 0.1) is 0 Å². The van der Waals surface area contributed by atoms with Crippen molar-refractivity contribution in [1.82, 2.24) is 15.1 Å². The van der Waals surface area contributed by atoms with Gasteiger partial charge < -0.3 is 10.1 Å². The number of nitrogens with one attached hydrogen (secondary N) is 1. The molecule has 0 spiro atoms. The number of amides is 1. The van der Waals surface area contributed by atoms with E-state index in [1.54, 1.807) is 10.9 Å². The lowest BCUT2D eigenvalue weighted by molar-refractivity contribution is -0.131. The number of carbonyl (C=O) groups is 1. The van der Waals surface area contributed by atoms with Gasteiger partial charge >= 0.3 is 0 Å². The predicted molar refractivity (Wildman–Crippen MR) is 91.6 cm³/mol. The molecule has 0 saturated carbocycles. The van der Waals surface area contributed by atoms with Crippen molar-refractivity contribution >= 4 is 5.91 Å². The Morgan fingerprint density at radius 1 is 1.12 bits per heavy atom. The van der Waals surface area contributed by atoms with Crippen LogP contribution in [0.2, 0.25) is 0 Å². The zero-order valence-electron chi connectivity index (χ0n) is 13.4. The Kier molecular flexibility index (Phi) is 5.03. The molecule has 1 atom stereocenters. The molecule has 2 aromatic carbocycles. The highest BCUT2D eigenvalue weighted by molar-refractivity contribution is 5.82. The summed E-state index contributed by atoms with van der Waals surface area (Å²) in [6, 6.07) is 19.2. The van der Waals surface area contributed by atoms with Gasteiger partial charge in [0.1, 0.15) is 0 Å². The minimum atomic E-state index is -0.622. The number of hydrogen-bond acceptors (Lipinski definition) is 3. The van der Waals surface area contributed by atoms with Gasteiger partial charge in [-0.05, 0) is 23.3 Å². The first-order valence-corrected chi connectivity index (χ1v) is 7.73. The molecule has 1 amide bonds. The average Bonchev–Trinajstić information content (AvgIpc) is 3.16. The Balaban J connectivity index is 1.73. The summed E-state index contributed by atoms with van der Waals surface area (Å²) < 4.78 is 7.14. The molecule has 0 aliphatic carbocycles. The van der Waals surface area contributed by atoms with Gasteiger partial charge in [0.15, 0.2) is 6.10 Å². The molecule has 0 aliphatic heterocycles. The lowest BCUT2D eigenvalue weighted by Gasteiger charge is -2.16. The molecule has 0 bridgehead atoms. The molecule has 0 aliphatic rings. The van der Waals surface area contributed by atoms with Crippen LogP contribution < -0.4 is 5.32 Å². The number of hydrogen-bond donors (Lipinski definition) is 1. The van der Waals surface area contributed by atoms with Crippen LogP contribution in [0.25, 0.3) is 5.69 Å². The normalized spacial score (nSPS) is 11.9. The third-order valence-electron chi connectivity index (χ3n) is 3.77. The predicted octanol–water partition coefficient (Wildman–Crippen LogP) is 2.88. The quantitative estimate of drug-likeness (QED) is 0.759. The van der Waals surface area contributed by atoms with Crippen molar-refractivity contribution in [2.75, 3.05) is 7.11 Å². The highest BCUT2D eigenvalue weighted by Crippen LogP contribution is 2.17. The van der Waals surface area contributed by atoms with E-state index in [1.807, 2.05) is 66.9 Å². The van der Waals surface area contributed by atoms with Crippen molar-refractivity contribution in [3.63, 3.8) is 0 Å². The first-order chi connectivity index (χ1) is 11.8. The molecular weight excluding hydrogens is 302 g/mol. The van der Waals surface area contributed by atoms with Crippen LogP contribution in [0.5, 0.6) is 0 Å². The summed E-state index contributed by atoms with van der Waals surface area (Å²) >= 11 is 0. The summed E-state index contributed by atoms with van der Waals surface area (Å²) in [5, 5.41) is 7.20. The maximum atomic E-state index is 12.5. The van der Waals surface area contributed by atoms with Crippen molar-refractivity contribution < 1.29 is 9.53 Å². The third kappa shape index (κ3) is 3.52. The lowest BCUT2D eigenvalue weighted by atomic mass is 10.1. The molecule has 3 aromatic rings. The van der Waals surface area contributed by atoms with Gasteiger partial charge in [0, 0.05) is 26.0 Å². The van der Waals surface area contributed by atoms with Gasteiger partial charge in [0.2, 0.25) is 0 Å². The van der Waals surface area contributed by atoms with E-state index in [-0.39, 0.29) is 5.91 Å². The van der Waals surface area contributed by atoms with E-state index in [0.29, 0.717) is 6.54 Å². The summed E-state index contributed by atoms with van der Waals surface area (Å²) in [6.07, 6.45) is 2.98. The molecular formula is C19H19N3O2. The number of rotatable bonds is 6. The summed E-state index contributed by atoms with van der Waals surface area (Å²) in [7, 11) is 1.54. The molecule has 122 valence electrons. The molecule has 3 rings (SSSR count). The minimum absolute atomic E-state index is 0.168. The van der Waals surface area contributed by atoms with Gasteiger partial charge in [-0.3, -0.25) is 4.79 Å². The average molecular weight is 321 g/mol. The standard InChI is InChI=1S/C19H19N3O2/c1-24-18(15-8-3-2-4-9-15)19(23)20-14-16-10-5-6-11-17(16)22-13-7-12-21-22/h2-13,18H,14H2,1H3,(H,20,23). The van der Waals surface area contributed by atoms with Gasteiger partial charge in [-0.2, -0.15) is 5.10 Å².